The summed E-state index contributed by atoms with van der Waals surface area (Å²) < 4.78 is 0. The van der Waals surface area contributed by atoms with E-state index in [0.29, 0.717) is 12.1 Å². The lowest BCUT2D eigenvalue weighted by atomic mass is 9.81. The van der Waals surface area contributed by atoms with E-state index in [2.05, 4.69) is 37.2 Å². The molecule has 0 unspecified atom stereocenters. The third kappa shape index (κ3) is 3.38. The Labute approximate surface area is 188 Å². The van der Waals surface area contributed by atoms with Crippen molar-refractivity contribution in [3.05, 3.63) is 29.8 Å². The molecular weight excluding hydrogens is 500 g/mol. The van der Waals surface area contributed by atoms with E-state index in [0.717, 1.165) is 12.0 Å². The summed E-state index contributed by atoms with van der Waals surface area (Å²) in [6.07, 6.45) is 1.34. The Bertz CT molecular complexity index is 826. The van der Waals surface area contributed by atoms with E-state index >= 15 is 0 Å². The normalized spacial score (nSPS) is 34.1. The number of amides is 3. The average Bonchev–Trinajstić information content (AvgIpc) is 3.27. The molecule has 156 valence electrons. The van der Waals surface area contributed by atoms with Gasteiger partial charge in [0, 0.05) is 15.3 Å². The van der Waals surface area contributed by atoms with Crippen LogP contribution in [0.2, 0.25) is 0 Å². The van der Waals surface area contributed by atoms with Gasteiger partial charge in [-0.15, -0.1) is 0 Å². The number of para-hydroxylation sites is 1. The van der Waals surface area contributed by atoms with Crippen LogP contribution in [-0.2, 0) is 14.4 Å². The summed E-state index contributed by atoms with van der Waals surface area (Å²) in [5.41, 5.74) is 1.66. The highest BCUT2D eigenvalue weighted by Crippen LogP contribution is 2.60. The zero-order chi connectivity index (χ0) is 21.0. The van der Waals surface area contributed by atoms with Gasteiger partial charge in [0.25, 0.3) is 0 Å². The lowest BCUT2D eigenvalue weighted by Crippen LogP contribution is -2.49. The summed E-state index contributed by atoms with van der Waals surface area (Å²) in [6, 6.07) is 6.76. The lowest BCUT2D eigenvalue weighted by molar-refractivity contribution is -0.147. The van der Waals surface area contributed by atoms with E-state index in [9.17, 15) is 14.4 Å². The van der Waals surface area contributed by atoms with Crippen molar-refractivity contribution in [2.45, 2.75) is 49.3 Å². The molecule has 1 aromatic rings. The van der Waals surface area contributed by atoms with E-state index in [4.69, 9.17) is 0 Å². The summed E-state index contributed by atoms with van der Waals surface area (Å²) in [4.78, 5) is 41.7. The molecule has 0 spiro atoms. The number of rotatable bonds is 5. The fourth-order valence-corrected chi connectivity index (χ4v) is 7.26. The number of nitrogens with one attached hydrogen (secondary N) is 1. The van der Waals surface area contributed by atoms with Crippen molar-refractivity contribution >= 4 is 55.3 Å². The number of aryl methyl sites for hydroxylation is 1. The molecule has 2 bridgehead atoms. The molecule has 1 aromatic carbocycles. The van der Waals surface area contributed by atoms with Crippen molar-refractivity contribution in [1.29, 1.82) is 0 Å². The second kappa shape index (κ2) is 7.80. The summed E-state index contributed by atoms with van der Waals surface area (Å²) in [5.74, 6) is -0.743. The van der Waals surface area contributed by atoms with Crippen molar-refractivity contribution in [2.24, 2.45) is 29.6 Å². The van der Waals surface area contributed by atoms with Crippen LogP contribution in [0.3, 0.4) is 0 Å². The first-order valence-corrected chi connectivity index (χ1v) is 12.1. The van der Waals surface area contributed by atoms with E-state index < -0.39 is 6.04 Å². The molecule has 2 saturated carbocycles. The molecule has 3 fully saturated rings. The summed E-state index contributed by atoms with van der Waals surface area (Å²) in [5, 5.41) is 2.95. The average molecular weight is 526 g/mol. The maximum Gasteiger partial charge on any atom is 0.247 e. The summed E-state index contributed by atoms with van der Waals surface area (Å²) in [7, 11) is 0. The Morgan fingerprint density at radius 2 is 1.66 bits per heavy atom. The van der Waals surface area contributed by atoms with Crippen LogP contribution in [0.4, 0.5) is 5.69 Å². The number of anilines is 1. The van der Waals surface area contributed by atoms with Gasteiger partial charge in [-0.2, -0.15) is 0 Å². The maximum atomic E-state index is 13.4. The van der Waals surface area contributed by atoms with Crippen molar-refractivity contribution in [1.82, 2.24) is 4.90 Å². The van der Waals surface area contributed by atoms with Crippen molar-refractivity contribution in [3.63, 3.8) is 0 Å². The van der Waals surface area contributed by atoms with Crippen LogP contribution in [-0.4, -0.2) is 38.3 Å². The van der Waals surface area contributed by atoms with Crippen LogP contribution >= 0.6 is 31.9 Å². The second-order valence-electron chi connectivity index (χ2n) is 9.00. The van der Waals surface area contributed by atoms with Gasteiger partial charge >= 0.3 is 0 Å². The number of benzene rings is 1. The predicted molar refractivity (Wildman–Crippen MR) is 119 cm³/mol. The zero-order valence-corrected chi connectivity index (χ0v) is 19.9. The number of likely N-dealkylation sites (tertiary alicyclic amines) is 1. The molecule has 0 radical (unpaired) electrons. The zero-order valence-electron chi connectivity index (χ0n) is 16.8. The number of fused-ring (bicyclic) bond motifs is 5. The van der Waals surface area contributed by atoms with Crippen LogP contribution in [0.5, 0.6) is 0 Å². The minimum absolute atomic E-state index is 0.148. The van der Waals surface area contributed by atoms with Gasteiger partial charge in [0.2, 0.25) is 17.7 Å². The molecule has 2 aliphatic carbocycles. The standard InChI is InChI=1S/C22H26Br2N2O3/c1-10(2)8-15(20(27)25-14-7-5-4-6-11(14)3)26-21(28)16-12-9-13(17(16)22(26)29)19(24)18(12)23/h4-7,10,12-13,15-19H,8-9H2,1-3H3,(H,25,27)/t12-,13-,15-,16-,17-,18-,19+/m0/s1. The van der Waals surface area contributed by atoms with Crippen LogP contribution in [0.15, 0.2) is 24.3 Å². The number of hydrogen-bond acceptors (Lipinski definition) is 3. The highest BCUT2D eigenvalue weighted by atomic mass is 79.9. The van der Waals surface area contributed by atoms with Crippen LogP contribution in [0.1, 0.15) is 32.3 Å². The Morgan fingerprint density at radius 1 is 1.10 bits per heavy atom. The van der Waals surface area contributed by atoms with Crippen molar-refractivity contribution in [2.75, 3.05) is 5.32 Å². The van der Waals surface area contributed by atoms with Crippen LogP contribution in [0, 0.1) is 36.5 Å². The lowest BCUT2D eigenvalue weighted by Gasteiger charge is -2.28. The number of carbonyl (C=O) groups excluding carboxylic acids is 3. The molecular formula is C22H26Br2N2O3. The summed E-state index contributed by atoms with van der Waals surface area (Å²) in [6.45, 7) is 5.94. The predicted octanol–water partition coefficient (Wildman–Crippen LogP) is 4.13. The Morgan fingerprint density at radius 3 is 2.17 bits per heavy atom. The first-order valence-electron chi connectivity index (χ1n) is 10.2. The molecule has 29 heavy (non-hydrogen) atoms. The molecule has 1 heterocycles. The monoisotopic (exact) mass is 524 g/mol. The van der Waals surface area contributed by atoms with E-state index in [-0.39, 0.29) is 57.0 Å². The van der Waals surface area contributed by atoms with Gasteiger partial charge in [-0.3, -0.25) is 19.3 Å². The number of nitrogens with zero attached hydrogens (tertiary/aromatic N) is 1. The smallest absolute Gasteiger partial charge is 0.247 e. The minimum Gasteiger partial charge on any atom is -0.324 e. The third-order valence-electron chi connectivity index (χ3n) is 6.73. The van der Waals surface area contributed by atoms with E-state index in [1.165, 1.54) is 4.90 Å². The van der Waals surface area contributed by atoms with Gasteiger partial charge in [-0.25, -0.2) is 0 Å². The molecule has 7 atom stereocenters. The molecule has 3 amide bonds. The number of carbonyl (C=O) groups is 3. The van der Waals surface area contributed by atoms with Gasteiger partial charge in [0.05, 0.1) is 11.8 Å². The molecule has 7 heteroatoms. The number of hydrogen-bond donors (Lipinski definition) is 1. The quantitative estimate of drug-likeness (QED) is 0.464. The fourth-order valence-electron chi connectivity index (χ4n) is 5.38. The molecule has 3 aliphatic rings. The van der Waals surface area contributed by atoms with Crippen molar-refractivity contribution < 1.29 is 14.4 Å². The molecule has 4 rings (SSSR count). The van der Waals surface area contributed by atoms with Crippen LogP contribution in [0.25, 0.3) is 0 Å². The van der Waals surface area contributed by atoms with E-state index in [1.807, 2.05) is 45.0 Å². The highest BCUT2D eigenvalue weighted by molar-refractivity contribution is 9.12. The second-order valence-corrected chi connectivity index (χ2v) is 11.1. The molecule has 1 saturated heterocycles. The molecule has 1 aliphatic heterocycles. The van der Waals surface area contributed by atoms with Gasteiger partial charge in [-0.1, -0.05) is 63.9 Å². The topological polar surface area (TPSA) is 66.5 Å². The largest absolute Gasteiger partial charge is 0.324 e. The number of alkyl halides is 2. The molecule has 5 nitrogen and oxygen atoms in total. The Kier molecular flexibility index (Phi) is 5.66. The number of imide groups is 1. The van der Waals surface area contributed by atoms with Crippen molar-refractivity contribution in [3.8, 4) is 0 Å². The fraction of sp³-hybridized carbons (Fsp3) is 0.591. The molecule has 0 aromatic heterocycles. The first kappa shape index (κ1) is 21.0. The van der Waals surface area contributed by atoms with E-state index in [1.54, 1.807) is 0 Å². The van der Waals surface area contributed by atoms with Crippen LogP contribution < -0.4 is 5.32 Å². The third-order valence-corrected chi connectivity index (χ3v) is 9.94. The summed E-state index contributed by atoms with van der Waals surface area (Å²) >= 11 is 7.43. The van der Waals surface area contributed by atoms with Gasteiger partial charge in [0.15, 0.2) is 0 Å². The highest BCUT2D eigenvalue weighted by Gasteiger charge is 2.67. The maximum absolute atomic E-state index is 13.4. The molecule has 1 N–H and O–H groups in total. The van der Waals surface area contributed by atoms with Gasteiger partial charge in [-0.05, 0) is 49.1 Å². The first-order chi connectivity index (χ1) is 13.7. The van der Waals surface area contributed by atoms with Gasteiger partial charge in [0.1, 0.15) is 6.04 Å². The Balaban J connectivity index is 1.62. The Hall–Kier alpha value is -1.21. The SMILES string of the molecule is Cc1ccccc1NC(=O)[C@H](CC(C)C)N1C(=O)[C@H]2[C@@H]3C[C@H]([C@@H](Br)[C@H]3Br)[C@@H]2C1=O. The number of halogens is 2. The van der Waals surface area contributed by atoms with Gasteiger partial charge < -0.3 is 5.32 Å². The minimum atomic E-state index is -0.776.